The van der Waals surface area contributed by atoms with Crippen LogP contribution in [0.15, 0.2) is 59.0 Å². The maximum absolute atomic E-state index is 12.3. The third-order valence-corrected chi connectivity index (χ3v) is 4.36. The first-order valence-corrected chi connectivity index (χ1v) is 8.93. The van der Waals surface area contributed by atoms with E-state index in [4.69, 9.17) is 33.3 Å². The van der Waals surface area contributed by atoms with Crippen LogP contribution < -0.4 is 10.6 Å². The van der Waals surface area contributed by atoms with Gasteiger partial charge < -0.3 is 14.8 Å². The summed E-state index contributed by atoms with van der Waals surface area (Å²) in [5, 5.41) is 15.2. The van der Waals surface area contributed by atoms with Crippen molar-refractivity contribution in [3.63, 3.8) is 0 Å². The number of thiocarbonyl (C=S) groups is 1. The Hall–Kier alpha value is -2.67. The number of anilines is 1. The fraction of sp³-hybridized carbons (Fsp3) is 0.100. The highest BCUT2D eigenvalue weighted by Crippen LogP contribution is 2.24. The molecule has 5 nitrogen and oxygen atoms in total. The Morgan fingerprint density at radius 1 is 1.15 bits per heavy atom. The molecule has 1 amide bonds. The maximum Gasteiger partial charge on any atom is 0.258 e. The zero-order valence-corrected chi connectivity index (χ0v) is 16.0. The van der Waals surface area contributed by atoms with E-state index in [-0.39, 0.29) is 17.6 Å². The number of aryl methyl sites for hydroxylation is 1. The minimum Gasteiger partial charge on any atom is -0.459 e. The summed E-state index contributed by atoms with van der Waals surface area (Å²) in [5.41, 5.74) is 2.91. The number of aliphatic hydroxyl groups excluding tert-OH is 1. The molecule has 0 spiro atoms. The number of halogens is 1. The third kappa shape index (κ3) is 4.74. The van der Waals surface area contributed by atoms with Crippen LogP contribution in [0.5, 0.6) is 0 Å². The number of nitrogens with one attached hydrogen (secondary N) is 2. The molecule has 0 radical (unpaired) electrons. The van der Waals surface area contributed by atoms with Crippen LogP contribution in [-0.2, 0) is 6.61 Å². The maximum atomic E-state index is 12.3. The van der Waals surface area contributed by atoms with E-state index >= 15 is 0 Å². The second kappa shape index (κ2) is 8.35. The van der Waals surface area contributed by atoms with Gasteiger partial charge in [-0.05, 0) is 73.2 Å². The molecule has 0 aliphatic rings. The first-order chi connectivity index (χ1) is 13.0. The average molecular weight is 401 g/mol. The van der Waals surface area contributed by atoms with Crippen molar-refractivity contribution >= 4 is 40.5 Å². The number of benzene rings is 2. The van der Waals surface area contributed by atoms with Gasteiger partial charge >= 0.3 is 0 Å². The van der Waals surface area contributed by atoms with Crippen LogP contribution in [0.2, 0.25) is 5.02 Å². The van der Waals surface area contributed by atoms with Crippen molar-refractivity contribution in [1.82, 2.24) is 5.32 Å². The van der Waals surface area contributed by atoms with Gasteiger partial charge in [0.05, 0.1) is 10.6 Å². The van der Waals surface area contributed by atoms with Gasteiger partial charge in [0.2, 0.25) is 0 Å². The Kier molecular flexibility index (Phi) is 5.91. The molecule has 0 saturated heterocycles. The third-order valence-electron chi connectivity index (χ3n) is 3.84. The van der Waals surface area contributed by atoms with Crippen LogP contribution in [-0.4, -0.2) is 16.1 Å². The Bertz CT molecular complexity index is 983. The second-order valence-electron chi connectivity index (χ2n) is 5.89. The van der Waals surface area contributed by atoms with Crippen LogP contribution in [0.3, 0.4) is 0 Å². The average Bonchev–Trinajstić information content (AvgIpc) is 3.11. The van der Waals surface area contributed by atoms with Crippen molar-refractivity contribution in [2.75, 3.05) is 5.32 Å². The van der Waals surface area contributed by atoms with Crippen molar-refractivity contribution in [2.45, 2.75) is 13.5 Å². The van der Waals surface area contributed by atoms with Crippen LogP contribution in [0, 0.1) is 6.92 Å². The lowest BCUT2D eigenvalue weighted by Crippen LogP contribution is -2.34. The van der Waals surface area contributed by atoms with Crippen molar-refractivity contribution < 1.29 is 14.3 Å². The number of aliphatic hydroxyl groups is 1. The van der Waals surface area contributed by atoms with Crippen LogP contribution in [0.25, 0.3) is 11.3 Å². The van der Waals surface area contributed by atoms with E-state index in [9.17, 15) is 4.79 Å². The predicted octanol–water partition coefficient (Wildman–Crippen LogP) is 4.53. The molecule has 138 valence electrons. The molecular formula is C20H17ClN2O3S. The van der Waals surface area contributed by atoms with Gasteiger partial charge in [0, 0.05) is 11.3 Å². The van der Waals surface area contributed by atoms with Crippen LogP contribution >= 0.6 is 23.8 Å². The highest BCUT2D eigenvalue weighted by molar-refractivity contribution is 7.80. The molecule has 0 saturated carbocycles. The Morgan fingerprint density at radius 3 is 2.52 bits per heavy atom. The fourth-order valence-corrected chi connectivity index (χ4v) is 3.00. The molecule has 7 heteroatoms. The lowest BCUT2D eigenvalue weighted by atomic mass is 10.1. The van der Waals surface area contributed by atoms with E-state index in [0.717, 1.165) is 11.1 Å². The monoisotopic (exact) mass is 400 g/mol. The standard InChI is InChI=1S/C20H17ClN2O3S/c1-12-2-8-16(17(21)10-12)19(25)23-20(27)22-14-5-3-13(4-6-14)18-9-7-15(11-24)26-18/h2-10,24H,11H2,1H3,(H2,22,23,25,27). The Balaban J connectivity index is 1.63. The summed E-state index contributed by atoms with van der Waals surface area (Å²) in [4.78, 5) is 12.3. The first kappa shape index (κ1) is 19.1. The molecule has 2 aromatic carbocycles. The van der Waals surface area contributed by atoms with Gasteiger partial charge in [-0.3, -0.25) is 10.1 Å². The van der Waals surface area contributed by atoms with Gasteiger partial charge in [-0.2, -0.15) is 0 Å². The number of rotatable bonds is 4. The van der Waals surface area contributed by atoms with E-state index in [1.54, 1.807) is 24.3 Å². The van der Waals surface area contributed by atoms with E-state index in [2.05, 4.69) is 10.6 Å². The molecule has 3 N–H and O–H groups in total. The molecular weight excluding hydrogens is 384 g/mol. The van der Waals surface area contributed by atoms with Gasteiger partial charge in [-0.15, -0.1) is 0 Å². The number of furan rings is 1. The summed E-state index contributed by atoms with van der Waals surface area (Å²) >= 11 is 11.3. The van der Waals surface area contributed by atoms with Gasteiger partial charge in [-0.1, -0.05) is 17.7 Å². The fourth-order valence-electron chi connectivity index (χ4n) is 2.47. The molecule has 0 atom stereocenters. The Morgan fingerprint density at radius 2 is 1.89 bits per heavy atom. The number of amides is 1. The zero-order chi connectivity index (χ0) is 19.4. The van der Waals surface area contributed by atoms with Crippen molar-refractivity contribution in [2.24, 2.45) is 0 Å². The number of carbonyl (C=O) groups is 1. The van der Waals surface area contributed by atoms with E-state index in [1.807, 2.05) is 37.3 Å². The van der Waals surface area contributed by atoms with Crippen LogP contribution in [0.4, 0.5) is 5.69 Å². The molecule has 1 heterocycles. The van der Waals surface area contributed by atoms with Gasteiger partial charge in [0.15, 0.2) is 5.11 Å². The highest BCUT2D eigenvalue weighted by Gasteiger charge is 2.12. The molecule has 0 bridgehead atoms. The topological polar surface area (TPSA) is 74.5 Å². The quantitative estimate of drug-likeness (QED) is 0.561. The molecule has 0 fully saturated rings. The second-order valence-corrected chi connectivity index (χ2v) is 6.71. The lowest BCUT2D eigenvalue weighted by molar-refractivity contribution is 0.0978. The van der Waals surface area contributed by atoms with Crippen molar-refractivity contribution in [1.29, 1.82) is 0 Å². The minimum atomic E-state index is -0.374. The molecule has 1 aromatic heterocycles. The SMILES string of the molecule is Cc1ccc(C(=O)NC(=S)Nc2ccc(-c3ccc(CO)o3)cc2)c(Cl)c1. The number of hydrogen-bond acceptors (Lipinski definition) is 4. The lowest BCUT2D eigenvalue weighted by Gasteiger charge is -2.11. The molecule has 0 aliphatic carbocycles. The van der Waals surface area contributed by atoms with E-state index in [0.29, 0.717) is 27.8 Å². The normalized spacial score (nSPS) is 10.5. The predicted molar refractivity (Wildman–Crippen MR) is 110 cm³/mol. The summed E-state index contributed by atoms with van der Waals surface area (Å²) < 4.78 is 5.50. The zero-order valence-electron chi connectivity index (χ0n) is 14.5. The molecule has 0 unspecified atom stereocenters. The molecule has 3 rings (SSSR count). The van der Waals surface area contributed by atoms with Gasteiger partial charge in [0.1, 0.15) is 18.1 Å². The van der Waals surface area contributed by atoms with Gasteiger partial charge in [0.25, 0.3) is 5.91 Å². The highest BCUT2D eigenvalue weighted by atomic mass is 35.5. The molecule has 0 aliphatic heterocycles. The molecule has 27 heavy (non-hydrogen) atoms. The summed E-state index contributed by atoms with van der Waals surface area (Å²) in [6, 6.07) is 16.0. The van der Waals surface area contributed by atoms with E-state index < -0.39 is 0 Å². The first-order valence-electron chi connectivity index (χ1n) is 8.15. The summed E-state index contributed by atoms with van der Waals surface area (Å²) in [7, 11) is 0. The molecule has 3 aromatic rings. The summed E-state index contributed by atoms with van der Waals surface area (Å²) in [5.74, 6) is 0.794. The minimum absolute atomic E-state index is 0.140. The van der Waals surface area contributed by atoms with Crippen LogP contribution in [0.1, 0.15) is 21.7 Å². The van der Waals surface area contributed by atoms with Crippen molar-refractivity contribution in [3.05, 3.63) is 76.5 Å². The largest absolute Gasteiger partial charge is 0.459 e. The van der Waals surface area contributed by atoms with Gasteiger partial charge in [-0.25, -0.2) is 0 Å². The smallest absolute Gasteiger partial charge is 0.258 e. The summed E-state index contributed by atoms with van der Waals surface area (Å²) in [6.45, 7) is 1.76. The number of hydrogen-bond donors (Lipinski definition) is 3. The van der Waals surface area contributed by atoms with Crippen molar-refractivity contribution in [3.8, 4) is 11.3 Å². The Labute approximate surface area is 167 Å². The number of carbonyl (C=O) groups excluding carboxylic acids is 1. The van der Waals surface area contributed by atoms with E-state index in [1.165, 1.54) is 0 Å². The summed E-state index contributed by atoms with van der Waals surface area (Å²) in [6.07, 6.45) is 0.